The molecule has 2 rings (SSSR count). The van der Waals surface area contributed by atoms with Crippen LogP contribution in [0.4, 0.5) is 5.69 Å². The highest BCUT2D eigenvalue weighted by Gasteiger charge is 2.05. The average Bonchev–Trinajstić information content (AvgIpc) is 3.10. The fourth-order valence-electron chi connectivity index (χ4n) is 2.40. The van der Waals surface area contributed by atoms with Gasteiger partial charge in [-0.1, -0.05) is 13.3 Å². The summed E-state index contributed by atoms with van der Waals surface area (Å²) in [6.45, 7) is 5.61. The lowest BCUT2D eigenvalue weighted by Crippen LogP contribution is -2.11. The zero-order chi connectivity index (χ0) is 18.3. The smallest absolute Gasteiger partial charge is 0.292 e. The molecule has 0 aliphatic heterocycles. The van der Waals surface area contributed by atoms with Crippen LogP contribution in [0.5, 0.6) is 0 Å². The van der Waals surface area contributed by atoms with Crippen LogP contribution >= 0.6 is 0 Å². The van der Waals surface area contributed by atoms with Crippen LogP contribution < -0.4 is 11.1 Å². The maximum atomic E-state index is 8.95. The number of nitrogens with zero attached hydrogens (tertiary/aromatic N) is 1. The van der Waals surface area contributed by atoms with Gasteiger partial charge in [-0.3, -0.25) is 9.89 Å². The number of hydrogen-bond acceptors (Lipinski definition) is 6. The topological polar surface area (TPSA) is 102 Å². The number of H-pyrrole nitrogens is 1. The van der Waals surface area contributed by atoms with Crippen molar-refractivity contribution in [3.05, 3.63) is 23.9 Å². The number of methoxy groups -OCH3 is 1. The van der Waals surface area contributed by atoms with Crippen LogP contribution in [0.25, 0.3) is 10.9 Å². The lowest BCUT2D eigenvalue weighted by Gasteiger charge is -2.10. The predicted molar refractivity (Wildman–Crippen MR) is 101 cm³/mol. The SMILES string of the molecule is CCCc1cc(NCCOCCCCN)c2cn[nH]c2c1.COC=O. The van der Waals surface area contributed by atoms with E-state index >= 15 is 0 Å². The summed E-state index contributed by atoms with van der Waals surface area (Å²) in [5.74, 6) is 0. The Bertz CT molecular complexity index is 601. The Balaban J connectivity index is 0.000000705. The molecular weight excluding hydrogens is 320 g/mol. The van der Waals surface area contributed by atoms with Crippen LogP contribution in [0.2, 0.25) is 0 Å². The Hall–Kier alpha value is -2.12. The van der Waals surface area contributed by atoms with E-state index < -0.39 is 0 Å². The summed E-state index contributed by atoms with van der Waals surface area (Å²) in [5, 5.41) is 11.8. The number of aromatic amines is 1. The van der Waals surface area contributed by atoms with Crippen molar-refractivity contribution in [2.75, 3.05) is 38.7 Å². The van der Waals surface area contributed by atoms with E-state index in [4.69, 9.17) is 15.3 Å². The van der Waals surface area contributed by atoms with Gasteiger partial charge in [-0.25, -0.2) is 0 Å². The van der Waals surface area contributed by atoms with Gasteiger partial charge in [0.25, 0.3) is 6.47 Å². The van der Waals surface area contributed by atoms with Crippen molar-refractivity contribution in [2.45, 2.75) is 32.6 Å². The van der Waals surface area contributed by atoms with Crippen molar-refractivity contribution >= 4 is 23.1 Å². The number of rotatable bonds is 11. The fraction of sp³-hybridized carbons (Fsp3) is 0.556. The van der Waals surface area contributed by atoms with Crippen LogP contribution in [0.3, 0.4) is 0 Å². The molecule has 0 fully saturated rings. The maximum absolute atomic E-state index is 8.95. The number of nitrogens with two attached hydrogens (primary N) is 1. The number of carbonyl (C=O) groups is 1. The van der Waals surface area contributed by atoms with Crippen LogP contribution in [0.1, 0.15) is 31.7 Å². The molecule has 0 spiro atoms. The number of hydrogen-bond donors (Lipinski definition) is 3. The van der Waals surface area contributed by atoms with Gasteiger partial charge in [0.05, 0.1) is 25.4 Å². The molecule has 1 heterocycles. The largest absolute Gasteiger partial charge is 0.471 e. The van der Waals surface area contributed by atoms with Gasteiger partial charge < -0.3 is 20.5 Å². The van der Waals surface area contributed by atoms with Crippen molar-refractivity contribution in [3.63, 3.8) is 0 Å². The maximum Gasteiger partial charge on any atom is 0.292 e. The molecule has 0 radical (unpaired) electrons. The molecule has 7 heteroatoms. The zero-order valence-electron chi connectivity index (χ0n) is 15.2. The van der Waals surface area contributed by atoms with Gasteiger partial charge in [0.2, 0.25) is 0 Å². The molecule has 1 aromatic carbocycles. The summed E-state index contributed by atoms with van der Waals surface area (Å²) in [7, 11) is 1.31. The van der Waals surface area contributed by atoms with Crippen LogP contribution in [-0.2, 0) is 20.7 Å². The second-order valence-corrected chi connectivity index (χ2v) is 5.59. The summed E-state index contributed by atoms with van der Waals surface area (Å²) in [5.41, 5.74) is 9.01. The third kappa shape index (κ3) is 8.00. The molecule has 7 nitrogen and oxygen atoms in total. The van der Waals surface area contributed by atoms with Gasteiger partial charge in [-0.05, 0) is 43.5 Å². The van der Waals surface area contributed by atoms with Gasteiger partial charge in [0.1, 0.15) is 0 Å². The fourth-order valence-corrected chi connectivity index (χ4v) is 2.40. The highest BCUT2D eigenvalue weighted by molar-refractivity contribution is 5.91. The van der Waals surface area contributed by atoms with Crippen molar-refractivity contribution in [3.8, 4) is 0 Å². The number of benzene rings is 1. The Kier molecular flexibility index (Phi) is 11.0. The number of nitrogens with one attached hydrogen (secondary N) is 2. The number of aryl methyl sites for hydroxylation is 1. The van der Waals surface area contributed by atoms with Gasteiger partial charge in [0.15, 0.2) is 0 Å². The van der Waals surface area contributed by atoms with E-state index in [2.05, 4.69) is 39.3 Å². The highest BCUT2D eigenvalue weighted by Crippen LogP contribution is 2.24. The molecule has 2 aromatic rings. The number of fused-ring (bicyclic) bond motifs is 1. The van der Waals surface area contributed by atoms with Crippen molar-refractivity contribution in [1.82, 2.24) is 10.2 Å². The van der Waals surface area contributed by atoms with Gasteiger partial charge in [0, 0.05) is 24.2 Å². The minimum absolute atomic E-state index is 0.375. The molecule has 0 bridgehead atoms. The first-order valence-corrected chi connectivity index (χ1v) is 8.70. The van der Waals surface area contributed by atoms with E-state index in [0.29, 0.717) is 13.1 Å². The van der Waals surface area contributed by atoms with Crippen molar-refractivity contribution in [2.24, 2.45) is 5.73 Å². The zero-order valence-corrected chi connectivity index (χ0v) is 15.2. The molecule has 0 aliphatic carbocycles. The number of aromatic nitrogens is 2. The number of ether oxygens (including phenoxy) is 2. The number of unbranched alkanes of at least 4 members (excludes halogenated alkanes) is 1. The van der Waals surface area contributed by atoms with Crippen LogP contribution in [-0.4, -0.2) is 50.1 Å². The Morgan fingerprint density at radius 3 is 2.80 bits per heavy atom. The lowest BCUT2D eigenvalue weighted by molar-refractivity contribution is -0.126. The van der Waals surface area contributed by atoms with E-state index in [9.17, 15) is 0 Å². The molecule has 0 saturated heterocycles. The lowest BCUT2D eigenvalue weighted by atomic mass is 10.1. The predicted octanol–water partition coefficient (Wildman–Crippen LogP) is 2.47. The van der Waals surface area contributed by atoms with Crippen molar-refractivity contribution in [1.29, 1.82) is 0 Å². The first-order valence-electron chi connectivity index (χ1n) is 8.70. The van der Waals surface area contributed by atoms with Crippen LogP contribution in [0.15, 0.2) is 18.3 Å². The van der Waals surface area contributed by atoms with Gasteiger partial charge >= 0.3 is 0 Å². The third-order valence-corrected chi connectivity index (χ3v) is 3.56. The quantitative estimate of drug-likeness (QED) is 0.425. The molecule has 0 unspecified atom stereocenters. The summed E-state index contributed by atoms with van der Waals surface area (Å²) in [4.78, 5) is 8.95. The molecule has 0 amide bonds. The molecule has 25 heavy (non-hydrogen) atoms. The number of carbonyl (C=O) groups excluding carboxylic acids is 1. The van der Waals surface area contributed by atoms with E-state index in [1.165, 1.54) is 12.7 Å². The Morgan fingerprint density at radius 1 is 1.32 bits per heavy atom. The summed E-state index contributed by atoms with van der Waals surface area (Å²) >= 11 is 0. The highest BCUT2D eigenvalue weighted by atomic mass is 16.5. The van der Waals surface area contributed by atoms with Gasteiger partial charge in [-0.2, -0.15) is 5.10 Å². The standard InChI is InChI=1S/C16H26N4O.C2H4O2/c1-2-5-13-10-15(14-12-19-20-16(14)11-13)18-7-9-21-8-4-3-6-17;1-4-2-3/h10-12,18H,2-9,17H2,1H3,(H,19,20);2H,1H3. The molecule has 1 aromatic heterocycles. The van der Waals surface area contributed by atoms with Crippen LogP contribution in [0, 0.1) is 0 Å². The van der Waals surface area contributed by atoms with E-state index in [1.54, 1.807) is 0 Å². The molecule has 140 valence electrons. The first kappa shape index (κ1) is 20.9. The van der Waals surface area contributed by atoms with E-state index in [-0.39, 0.29) is 0 Å². The van der Waals surface area contributed by atoms with Crippen molar-refractivity contribution < 1.29 is 14.3 Å². The minimum Gasteiger partial charge on any atom is -0.471 e. The third-order valence-electron chi connectivity index (χ3n) is 3.56. The summed E-state index contributed by atoms with van der Waals surface area (Å²) in [6.07, 6.45) is 6.16. The normalized spacial score (nSPS) is 10.2. The average molecular weight is 350 g/mol. The molecular formula is C18H30N4O3. The monoisotopic (exact) mass is 350 g/mol. The second kappa shape index (κ2) is 13.2. The van der Waals surface area contributed by atoms with E-state index in [1.807, 2.05) is 6.20 Å². The van der Waals surface area contributed by atoms with E-state index in [0.717, 1.165) is 62.0 Å². The summed E-state index contributed by atoms with van der Waals surface area (Å²) in [6, 6.07) is 4.40. The minimum atomic E-state index is 0.375. The number of anilines is 1. The molecule has 0 aliphatic rings. The Morgan fingerprint density at radius 2 is 2.12 bits per heavy atom. The molecule has 0 atom stereocenters. The first-order chi connectivity index (χ1) is 12.3. The molecule has 4 N–H and O–H groups in total. The second-order valence-electron chi connectivity index (χ2n) is 5.59. The molecule has 0 saturated carbocycles. The van der Waals surface area contributed by atoms with Gasteiger partial charge in [-0.15, -0.1) is 0 Å². The Labute approximate surface area is 149 Å². The summed E-state index contributed by atoms with van der Waals surface area (Å²) < 4.78 is 9.45.